The van der Waals surface area contributed by atoms with Crippen LogP contribution in [-0.4, -0.2) is 21.9 Å². The molecule has 1 aromatic rings. The molecule has 1 aromatic heterocycles. The highest BCUT2D eigenvalue weighted by molar-refractivity contribution is 5.92. The Morgan fingerprint density at radius 3 is 2.87 bits per heavy atom. The Kier molecular flexibility index (Phi) is 3.71. The predicted octanol–water partition coefficient (Wildman–Crippen LogP) is 1.35. The maximum atomic E-state index is 11.6. The summed E-state index contributed by atoms with van der Waals surface area (Å²) in [5.41, 5.74) is 6.16. The van der Waals surface area contributed by atoms with Gasteiger partial charge < -0.3 is 10.5 Å². The zero-order chi connectivity index (χ0) is 11.4. The molecule has 0 aliphatic carbocycles. The van der Waals surface area contributed by atoms with Crippen LogP contribution in [0.1, 0.15) is 37.2 Å². The monoisotopic (exact) mass is 211 g/mol. The van der Waals surface area contributed by atoms with Gasteiger partial charge in [0.1, 0.15) is 0 Å². The van der Waals surface area contributed by atoms with E-state index < -0.39 is 5.97 Å². The Labute approximate surface area is 89.2 Å². The zero-order valence-corrected chi connectivity index (χ0v) is 9.36. The molecule has 1 heterocycles. The van der Waals surface area contributed by atoms with E-state index in [2.05, 4.69) is 5.10 Å². The van der Waals surface area contributed by atoms with Gasteiger partial charge in [-0.15, -0.1) is 0 Å². The van der Waals surface area contributed by atoms with Gasteiger partial charge in [0.2, 0.25) is 0 Å². The Hall–Kier alpha value is -1.52. The lowest BCUT2D eigenvalue weighted by Gasteiger charge is -2.10. The zero-order valence-electron chi connectivity index (χ0n) is 9.36. The Bertz CT molecular complexity index is 346. The number of carbonyl (C=O) groups excluding carboxylic acids is 1. The molecule has 0 aromatic carbocycles. The van der Waals surface area contributed by atoms with Crippen LogP contribution in [-0.2, 0) is 11.8 Å². The van der Waals surface area contributed by atoms with Crippen molar-refractivity contribution in [3.05, 3.63) is 11.9 Å². The third kappa shape index (κ3) is 2.97. The first-order valence-corrected chi connectivity index (χ1v) is 5.04. The standard InChI is InChI=1S/C10H17N3O2/c1-4-5-7(2)15-10(14)9-8(11)6-13(3)12-9/h6-7H,4-5,11H2,1-3H3. The molecule has 84 valence electrons. The number of hydrogen-bond donors (Lipinski definition) is 1. The fourth-order valence-corrected chi connectivity index (χ4v) is 1.37. The summed E-state index contributed by atoms with van der Waals surface area (Å²) < 4.78 is 6.67. The number of nitrogen functional groups attached to an aromatic ring is 1. The van der Waals surface area contributed by atoms with Gasteiger partial charge in [0, 0.05) is 13.2 Å². The van der Waals surface area contributed by atoms with E-state index in [1.807, 2.05) is 13.8 Å². The molecule has 0 radical (unpaired) electrons. The minimum absolute atomic E-state index is 0.0936. The van der Waals surface area contributed by atoms with Crippen LogP contribution in [0.3, 0.4) is 0 Å². The summed E-state index contributed by atoms with van der Waals surface area (Å²) in [4.78, 5) is 11.6. The van der Waals surface area contributed by atoms with Gasteiger partial charge in [0.15, 0.2) is 5.69 Å². The lowest BCUT2D eigenvalue weighted by atomic mass is 10.2. The number of aryl methyl sites for hydroxylation is 1. The molecule has 0 spiro atoms. The summed E-state index contributed by atoms with van der Waals surface area (Å²) in [6.45, 7) is 3.90. The summed E-state index contributed by atoms with van der Waals surface area (Å²) in [5, 5.41) is 3.94. The molecular formula is C10H17N3O2. The number of aromatic nitrogens is 2. The van der Waals surface area contributed by atoms with Gasteiger partial charge in [-0.3, -0.25) is 4.68 Å². The maximum absolute atomic E-state index is 11.6. The van der Waals surface area contributed by atoms with E-state index in [1.165, 1.54) is 4.68 Å². The lowest BCUT2D eigenvalue weighted by molar-refractivity contribution is 0.0317. The summed E-state index contributed by atoms with van der Waals surface area (Å²) >= 11 is 0. The molecule has 0 aliphatic heterocycles. The molecule has 1 atom stereocenters. The van der Waals surface area contributed by atoms with E-state index in [4.69, 9.17) is 10.5 Å². The van der Waals surface area contributed by atoms with E-state index in [-0.39, 0.29) is 11.8 Å². The molecule has 0 amide bonds. The molecule has 2 N–H and O–H groups in total. The van der Waals surface area contributed by atoms with Crippen molar-refractivity contribution < 1.29 is 9.53 Å². The van der Waals surface area contributed by atoms with Crippen molar-refractivity contribution in [1.29, 1.82) is 0 Å². The highest BCUT2D eigenvalue weighted by Gasteiger charge is 2.17. The topological polar surface area (TPSA) is 70.1 Å². The van der Waals surface area contributed by atoms with Crippen molar-refractivity contribution >= 4 is 11.7 Å². The lowest BCUT2D eigenvalue weighted by Crippen LogP contribution is -2.16. The highest BCUT2D eigenvalue weighted by Crippen LogP contribution is 2.12. The summed E-state index contributed by atoms with van der Waals surface area (Å²) in [7, 11) is 1.71. The Morgan fingerprint density at radius 1 is 1.73 bits per heavy atom. The van der Waals surface area contributed by atoms with Gasteiger partial charge in [-0.05, 0) is 13.3 Å². The van der Waals surface area contributed by atoms with E-state index in [9.17, 15) is 4.79 Å². The molecule has 0 saturated carbocycles. The quantitative estimate of drug-likeness (QED) is 0.763. The number of nitrogens with zero attached hydrogens (tertiary/aromatic N) is 2. The molecule has 5 heteroatoms. The Balaban J connectivity index is 2.65. The number of esters is 1. The predicted molar refractivity (Wildman–Crippen MR) is 57.4 cm³/mol. The molecule has 0 saturated heterocycles. The molecule has 0 aliphatic rings. The van der Waals surface area contributed by atoms with Gasteiger partial charge in [-0.25, -0.2) is 4.79 Å². The number of anilines is 1. The number of carbonyl (C=O) groups is 1. The van der Waals surface area contributed by atoms with Crippen LogP contribution < -0.4 is 5.73 Å². The number of nitrogens with two attached hydrogens (primary N) is 1. The third-order valence-electron chi connectivity index (χ3n) is 2.05. The average molecular weight is 211 g/mol. The van der Waals surface area contributed by atoms with Gasteiger partial charge >= 0.3 is 5.97 Å². The van der Waals surface area contributed by atoms with Crippen molar-refractivity contribution in [2.24, 2.45) is 7.05 Å². The SMILES string of the molecule is CCCC(C)OC(=O)c1nn(C)cc1N. The molecule has 15 heavy (non-hydrogen) atoms. The maximum Gasteiger partial charge on any atom is 0.361 e. The van der Waals surface area contributed by atoms with Crippen LogP contribution in [0.15, 0.2) is 6.20 Å². The smallest absolute Gasteiger partial charge is 0.361 e. The Morgan fingerprint density at radius 2 is 2.40 bits per heavy atom. The first-order valence-electron chi connectivity index (χ1n) is 5.04. The van der Waals surface area contributed by atoms with Crippen molar-refractivity contribution in [1.82, 2.24) is 9.78 Å². The molecule has 5 nitrogen and oxygen atoms in total. The number of ether oxygens (including phenoxy) is 1. The number of hydrogen-bond acceptors (Lipinski definition) is 4. The molecule has 0 bridgehead atoms. The van der Waals surface area contributed by atoms with Crippen LogP contribution in [0, 0.1) is 0 Å². The summed E-state index contributed by atoms with van der Waals surface area (Å²) in [5.74, 6) is -0.450. The van der Waals surface area contributed by atoms with E-state index >= 15 is 0 Å². The normalized spacial score (nSPS) is 12.5. The molecular weight excluding hydrogens is 194 g/mol. The largest absolute Gasteiger partial charge is 0.458 e. The van der Waals surface area contributed by atoms with Crippen LogP contribution in [0.5, 0.6) is 0 Å². The van der Waals surface area contributed by atoms with Crippen molar-refractivity contribution in [2.75, 3.05) is 5.73 Å². The van der Waals surface area contributed by atoms with Gasteiger partial charge in [0.05, 0.1) is 11.8 Å². The van der Waals surface area contributed by atoms with E-state index in [0.29, 0.717) is 5.69 Å². The second-order valence-corrected chi connectivity index (χ2v) is 3.61. The minimum Gasteiger partial charge on any atom is -0.458 e. The molecule has 0 fully saturated rings. The van der Waals surface area contributed by atoms with Crippen molar-refractivity contribution in [2.45, 2.75) is 32.8 Å². The first kappa shape index (κ1) is 11.6. The van der Waals surface area contributed by atoms with Gasteiger partial charge in [-0.1, -0.05) is 13.3 Å². The van der Waals surface area contributed by atoms with Crippen LogP contribution in [0.4, 0.5) is 5.69 Å². The van der Waals surface area contributed by atoms with E-state index in [1.54, 1.807) is 13.2 Å². The van der Waals surface area contributed by atoms with Crippen molar-refractivity contribution in [3.63, 3.8) is 0 Å². The summed E-state index contributed by atoms with van der Waals surface area (Å²) in [6, 6.07) is 0. The number of rotatable bonds is 4. The fourth-order valence-electron chi connectivity index (χ4n) is 1.37. The average Bonchev–Trinajstić information content (AvgIpc) is 2.45. The van der Waals surface area contributed by atoms with E-state index in [0.717, 1.165) is 12.8 Å². The fraction of sp³-hybridized carbons (Fsp3) is 0.600. The molecule has 1 rings (SSSR count). The van der Waals surface area contributed by atoms with Crippen molar-refractivity contribution in [3.8, 4) is 0 Å². The highest BCUT2D eigenvalue weighted by atomic mass is 16.5. The van der Waals surface area contributed by atoms with Crippen LogP contribution >= 0.6 is 0 Å². The molecule has 1 unspecified atom stereocenters. The second-order valence-electron chi connectivity index (χ2n) is 3.61. The second kappa shape index (κ2) is 4.82. The minimum atomic E-state index is -0.450. The van der Waals surface area contributed by atoms with Gasteiger partial charge in [0.25, 0.3) is 0 Å². The first-order chi connectivity index (χ1) is 7.04. The van der Waals surface area contributed by atoms with Crippen LogP contribution in [0.25, 0.3) is 0 Å². The van der Waals surface area contributed by atoms with Crippen LogP contribution in [0.2, 0.25) is 0 Å². The van der Waals surface area contributed by atoms with Gasteiger partial charge in [-0.2, -0.15) is 5.10 Å². The summed E-state index contributed by atoms with van der Waals surface area (Å²) in [6.07, 6.45) is 3.31. The third-order valence-corrected chi connectivity index (χ3v) is 2.05.